The molecule has 2 N–H and O–H groups in total. The van der Waals surface area contributed by atoms with Gasteiger partial charge in [0.25, 0.3) is 0 Å². The Bertz CT molecular complexity index is 1300. The molecule has 1 aromatic heterocycles. The van der Waals surface area contributed by atoms with Gasteiger partial charge in [0.15, 0.2) is 5.82 Å². The number of amides is 2. The molecule has 0 spiro atoms. The topological polar surface area (TPSA) is 117 Å². The van der Waals surface area contributed by atoms with Gasteiger partial charge in [-0.2, -0.15) is 4.31 Å². The Hall–Kier alpha value is -2.76. The summed E-state index contributed by atoms with van der Waals surface area (Å²) in [5, 5.41) is 5.31. The molecule has 2 unspecified atom stereocenters. The van der Waals surface area contributed by atoms with Gasteiger partial charge in [-0.3, -0.25) is 0 Å². The van der Waals surface area contributed by atoms with Crippen molar-refractivity contribution in [2.75, 3.05) is 36.5 Å². The third kappa shape index (κ3) is 4.46. The van der Waals surface area contributed by atoms with E-state index in [1.807, 2.05) is 35.5 Å². The summed E-state index contributed by atoms with van der Waals surface area (Å²) in [4.78, 5) is 24.2. The van der Waals surface area contributed by atoms with Gasteiger partial charge in [-0.1, -0.05) is 0 Å². The van der Waals surface area contributed by atoms with Crippen LogP contribution in [0.2, 0.25) is 0 Å². The Morgan fingerprint density at radius 2 is 1.92 bits per heavy atom. The van der Waals surface area contributed by atoms with Gasteiger partial charge in [-0.15, -0.1) is 0 Å². The lowest BCUT2D eigenvalue weighted by Gasteiger charge is -2.40. The number of benzene rings is 1. The summed E-state index contributed by atoms with van der Waals surface area (Å²) in [6, 6.07) is 7.15. The number of rotatable bonds is 6. The van der Waals surface area contributed by atoms with Crippen LogP contribution in [-0.2, 0) is 21.2 Å². The van der Waals surface area contributed by atoms with Crippen molar-refractivity contribution >= 4 is 27.6 Å². The highest BCUT2D eigenvalue weighted by Gasteiger charge is 2.53. The average molecular weight is 527 g/mol. The predicted molar refractivity (Wildman–Crippen MR) is 141 cm³/mol. The van der Waals surface area contributed by atoms with Gasteiger partial charge in [0.05, 0.1) is 36.2 Å². The Morgan fingerprint density at radius 3 is 2.62 bits per heavy atom. The third-order valence-corrected chi connectivity index (χ3v) is 10.3. The van der Waals surface area contributed by atoms with E-state index in [9.17, 15) is 13.2 Å². The number of hydrogen-bond donors (Lipinski definition) is 2. The molecule has 198 valence electrons. The molecule has 1 saturated carbocycles. The van der Waals surface area contributed by atoms with Crippen molar-refractivity contribution in [3.8, 4) is 11.4 Å². The molecule has 37 heavy (non-hydrogen) atoms. The van der Waals surface area contributed by atoms with E-state index in [1.165, 1.54) is 0 Å². The summed E-state index contributed by atoms with van der Waals surface area (Å²) in [6.07, 6.45) is 3.78. The van der Waals surface area contributed by atoms with Crippen LogP contribution in [0.5, 0.6) is 0 Å². The van der Waals surface area contributed by atoms with Crippen LogP contribution in [-0.4, -0.2) is 72.4 Å². The van der Waals surface area contributed by atoms with Gasteiger partial charge < -0.3 is 20.3 Å². The zero-order chi connectivity index (χ0) is 25.7. The first kappa shape index (κ1) is 24.6. The van der Waals surface area contributed by atoms with Crippen molar-refractivity contribution < 1.29 is 17.9 Å². The van der Waals surface area contributed by atoms with Crippen molar-refractivity contribution in [3.63, 3.8) is 0 Å². The molecular weight excluding hydrogens is 492 g/mol. The number of hydrogen-bond acceptors (Lipinski definition) is 7. The van der Waals surface area contributed by atoms with Crippen molar-refractivity contribution in [3.05, 3.63) is 35.5 Å². The smallest absolute Gasteiger partial charge is 0.319 e. The summed E-state index contributed by atoms with van der Waals surface area (Å²) in [6.45, 7) is 6.45. The minimum atomic E-state index is -3.31. The first-order valence-corrected chi connectivity index (χ1v) is 14.8. The van der Waals surface area contributed by atoms with Crippen LogP contribution in [0.1, 0.15) is 56.8 Å². The van der Waals surface area contributed by atoms with Crippen molar-refractivity contribution in [1.29, 1.82) is 0 Å². The minimum Gasteiger partial charge on any atom is -0.377 e. The summed E-state index contributed by atoms with van der Waals surface area (Å²) < 4.78 is 34.4. The second-order valence-corrected chi connectivity index (χ2v) is 12.6. The van der Waals surface area contributed by atoms with Crippen LogP contribution in [0.25, 0.3) is 11.4 Å². The summed E-state index contributed by atoms with van der Waals surface area (Å²) >= 11 is 0. The van der Waals surface area contributed by atoms with E-state index in [1.54, 1.807) is 0 Å². The predicted octanol–water partition coefficient (Wildman–Crippen LogP) is 3.06. The van der Waals surface area contributed by atoms with E-state index >= 15 is 0 Å². The van der Waals surface area contributed by atoms with Gasteiger partial charge in [0.2, 0.25) is 10.0 Å². The molecule has 11 heteroatoms. The Balaban J connectivity index is 1.40. The number of carbonyl (C=O) groups excluding carboxylic acids is 1. The number of aromatic nitrogens is 2. The Labute approximate surface area is 217 Å². The van der Waals surface area contributed by atoms with Crippen LogP contribution < -0.4 is 15.5 Å². The monoisotopic (exact) mass is 526 g/mol. The molecule has 1 aromatic carbocycles. The van der Waals surface area contributed by atoms with Crippen LogP contribution in [0.15, 0.2) is 24.3 Å². The number of urea groups is 1. The van der Waals surface area contributed by atoms with Crippen LogP contribution in [0.4, 0.5) is 16.3 Å². The van der Waals surface area contributed by atoms with Crippen LogP contribution >= 0.6 is 0 Å². The molecule has 2 bridgehead atoms. The van der Waals surface area contributed by atoms with E-state index in [0.717, 1.165) is 48.3 Å². The highest BCUT2D eigenvalue weighted by Crippen LogP contribution is 2.51. The second kappa shape index (κ2) is 9.52. The number of sulfonamides is 1. The average Bonchev–Trinajstić information content (AvgIpc) is 3.69. The first-order valence-electron chi connectivity index (χ1n) is 13.3. The standard InChI is InChI=1S/C26H34N6O4S/c1-3-27-26(33)28-18-6-4-17(5-7-18)24-29-21-14-19-8-11-22(32(19)37(34,35)20-9-10-20)23(21)25(30-24)31-12-13-36-15-16(31)2/h4-7,16,19-20,22H,3,8-15H2,1-2H3,(H2,27,28,33)/t16-,19?,22?/m0/s1. The zero-order valence-electron chi connectivity index (χ0n) is 21.3. The van der Waals surface area contributed by atoms with Gasteiger partial charge in [-0.25, -0.2) is 23.2 Å². The van der Waals surface area contributed by atoms with Gasteiger partial charge in [-0.05, 0) is 63.8 Å². The second-order valence-electron chi connectivity index (χ2n) is 10.4. The Kier molecular flexibility index (Phi) is 6.32. The third-order valence-electron chi connectivity index (χ3n) is 7.82. The van der Waals surface area contributed by atoms with Crippen LogP contribution in [0.3, 0.4) is 0 Å². The van der Waals surface area contributed by atoms with E-state index < -0.39 is 10.0 Å². The molecule has 10 nitrogen and oxygen atoms in total. The van der Waals surface area contributed by atoms with E-state index in [-0.39, 0.29) is 29.4 Å². The normalized spacial score (nSPS) is 25.6. The molecule has 3 aliphatic heterocycles. The molecule has 0 radical (unpaired) electrons. The molecule has 2 saturated heterocycles. The fraction of sp³-hybridized carbons (Fsp3) is 0.577. The summed E-state index contributed by atoms with van der Waals surface area (Å²) in [5.74, 6) is 1.46. The van der Waals surface area contributed by atoms with Gasteiger partial charge in [0, 0.05) is 42.4 Å². The quantitative estimate of drug-likeness (QED) is 0.594. The summed E-state index contributed by atoms with van der Waals surface area (Å²) in [5.41, 5.74) is 3.48. The summed E-state index contributed by atoms with van der Waals surface area (Å²) in [7, 11) is -3.31. The van der Waals surface area contributed by atoms with Crippen molar-refractivity contribution in [1.82, 2.24) is 19.6 Å². The van der Waals surface area contributed by atoms with E-state index in [2.05, 4.69) is 22.5 Å². The SMILES string of the molecule is CCNC(=O)Nc1ccc(-c2nc3c(c(N4CCOC[C@@H]4C)n2)C2CCC(C3)N2S(=O)(=O)C2CC2)cc1. The number of anilines is 2. The fourth-order valence-corrected chi connectivity index (χ4v) is 8.13. The lowest BCUT2D eigenvalue weighted by Crippen LogP contribution is -2.47. The maximum Gasteiger partial charge on any atom is 0.319 e. The molecule has 6 rings (SSSR count). The molecule has 4 heterocycles. The number of morpholine rings is 1. The number of nitrogens with zero attached hydrogens (tertiary/aromatic N) is 4. The Morgan fingerprint density at radius 1 is 1.14 bits per heavy atom. The van der Waals surface area contributed by atoms with Crippen molar-refractivity contribution in [2.45, 2.75) is 69.3 Å². The van der Waals surface area contributed by atoms with Crippen LogP contribution in [0, 0.1) is 0 Å². The number of ether oxygens (including phenoxy) is 1. The highest BCUT2D eigenvalue weighted by molar-refractivity contribution is 7.90. The molecule has 4 aliphatic rings. The molecular formula is C26H34N6O4S. The highest BCUT2D eigenvalue weighted by atomic mass is 32.2. The first-order chi connectivity index (χ1) is 17.9. The van der Waals surface area contributed by atoms with Crippen molar-refractivity contribution in [2.24, 2.45) is 0 Å². The maximum absolute atomic E-state index is 13.4. The number of carbonyl (C=O) groups is 1. The lowest BCUT2D eigenvalue weighted by atomic mass is 9.98. The fourth-order valence-electron chi connectivity index (χ4n) is 5.90. The number of nitrogens with one attached hydrogen (secondary N) is 2. The van der Waals surface area contributed by atoms with E-state index in [0.29, 0.717) is 44.2 Å². The zero-order valence-corrected chi connectivity index (χ0v) is 22.1. The minimum absolute atomic E-state index is 0.0375. The molecule has 2 amide bonds. The largest absolute Gasteiger partial charge is 0.377 e. The molecule has 1 aliphatic carbocycles. The number of fused-ring (bicyclic) bond motifs is 4. The molecule has 3 fully saturated rings. The van der Waals surface area contributed by atoms with Gasteiger partial charge >= 0.3 is 6.03 Å². The van der Waals surface area contributed by atoms with E-state index in [4.69, 9.17) is 14.7 Å². The molecule has 2 aromatic rings. The lowest BCUT2D eigenvalue weighted by molar-refractivity contribution is 0.0982. The maximum atomic E-state index is 13.4. The molecule has 3 atom stereocenters. The van der Waals surface area contributed by atoms with Gasteiger partial charge in [0.1, 0.15) is 5.82 Å².